The third kappa shape index (κ3) is 5.43. The number of carbonyl (C=O) groups is 1. The number of rotatable bonds is 9. The van der Waals surface area contributed by atoms with Crippen molar-refractivity contribution in [2.75, 3.05) is 0 Å². The van der Waals surface area contributed by atoms with Crippen LogP contribution in [0.15, 0.2) is 60.7 Å². The van der Waals surface area contributed by atoms with Crippen molar-refractivity contribution >= 4 is 6.29 Å². The number of aryl methyl sites for hydroxylation is 1. The van der Waals surface area contributed by atoms with Crippen LogP contribution in [-0.4, -0.2) is 18.4 Å². The summed E-state index contributed by atoms with van der Waals surface area (Å²) in [7, 11) is 0. The summed E-state index contributed by atoms with van der Waals surface area (Å²) in [6.45, 7) is 0.521. The maximum absolute atomic E-state index is 10.7. The second kappa shape index (κ2) is 9.13. The Hall–Kier alpha value is -1.97. The van der Waals surface area contributed by atoms with Crippen LogP contribution in [0.1, 0.15) is 24.0 Å². The predicted octanol–water partition coefficient (Wildman–Crippen LogP) is 3.12. The van der Waals surface area contributed by atoms with Crippen molar-refractivity contribution in [2.24, 2.45) is 5.73 Å². The van der Waals surface area contributed by atoms with Crippen molar-refractivity contribution in [3.8, 4) is 0 Å². The number of aldehydes is 1. The molecule has 0 fully saturated rings. The average molecular weight is 297 g/mol. The highest BCUT2D eigenvalue weighted by Gasteiger charge is 2.18. The summed E-state index contributed by atoms with van der Waals surface area (Å²) in [6, 6.07) is 20.0. The molecule has 116 valence electrons. The van der Waals surface area contributed by atoms with Crippen LogP contribution >= 0.6 is 0 Å². The highest BCUT2D eigenvalue weighted by molar-refractivity contribution is 5.50. The Morgan fingerprint density at radius 3 is 2.14 bits per heavy atom. The second-order valence-corrected chi connectivity index (χ2v) is 5.43. The number of ether oxygens (including phenoxy) is 1. The van der Waals surface area contributed by atoms with Crippen molar-refractivity contribution in [1.29, 1.82) is 0 Å². The molecular weight excluding hydrogens is 274 g/mol. The first-order valence-electron chi connectivity index (χ1n) is 7.68. The molecule has 2 rings (SSSR count). The van der Waals surface area contributed by atoms with Crippen molar-refractivity contribution in [1.82, 2.24) is 0 Å². The summed E-state index contributed by atoms with van der Waals surface area (Å²) in [6.07, 6.45) is 2.78. The lowest BCUT2D eigenvalue weighted by atomic mass is 10.0. The third-order valence-corrected chi connectivity index (χ3v) is 3.71. The second-order valence-electron chi connectivity index (χ2n) is 5.43. The largest absolute Gasteiger partial charge is 0.372 e. The van der Waals surface area contributed by atoms with Crippen LogP contribution in [0.2, 0.25) is 0 Å². The van der Waals surface area contributed by atoms with Crippen LogP contribution in [0.3, 0.4) is 0 Å². The van der Waals surface area contributed by atoms with Crippen LogP contribution < -0.4 is 5.73 Å². The lowest BCUT2D eigenvalue weighted by Gasteiger charge is -2.23. The maximum Gasteiger partial charge on any atom is 0.121 e. The highest BCUT2D eigenvalue weighted by Crippen LogP contribution is 2.13. The fourth-order valence-corrected chi connectivity index (χ4v) is 2.41. The number of hydrogen-bond acceptors (Lipinski definition) is 3. The van der Waals surface area contributed by atoms with Crippen LogP contribution in [0.5, 0.6) is 0 Å². The highest BCUT2D eigenvalue weighted by atomic mass is 16.5. The molecule has 0 amide bonds. The van der Waals surface area contributed by atoms with Crippen LogP contribution in [0, 0.1) is 0 Å². The molecule has 2 atom stereocenters. The van der Waals surface area contributed by atoms with E-state index in [0.717, 1.165) is 24.7 Å². The van der Waals surface area contributed by atoms with E-state index >= 15 is 0 Å². The lowest BCUT2D eigenvalue weighted by molar-refractivity contribution is -0.109. The Morgan fingerprint density at radius 1 is 0.955 bits per heavy atom. The van der Waals surface area contributed by atoms with E-state index in [0.29, 0.717) is 13.0 Å². The standard InChI is InChI=1S/C19H23NO2/c20-18(13-14-21)19(12-11-16-7-3-1-4-8-16)22-15-17-9-5-2-6-10-17/h1-10,14,18-19H,11-13,15,20H2/t18-,19+/m1/s1. The predicted molar refractivity (Wildman–Crippen MR) is 88.4 cm³/mol. The first-order chi connectivity index (χ1) is 10.8. The Labute approximate surface area is 132 Å². The summed E-state index contributed by atoms with van der Waals surface area (Å²) in [5.74, 6) is 0. The molecule has 0 saturated carbocycles. The maximum atomic E-state index is 10.7. The van der Waals surface area contributed by atoms with Gasteiger partial charge in [0.25, 0.3) is 0 Å². The van der Waals surface area contributed by atoms with Gasteiger partial charge in [0.15, 0.2) is 0 Å². The van der Waals surface area contributed by atoms with Gasteiger partial charge in [-0.05, 0) is 24.0 Å². The summed E-state index contributed by atoms with van der Waals surface area (Å²) in [5, 5.41) is 0. The van der Waals surface area contributed by atoms with Gasteiger partial charge in [-0.1, -0.05) is 60.7 Å². The normalized spacial score (nSPS) is 13.5. The number of benzene rings is 2. The van der Waals surface area contributed by atoms with E-state index in [2.05, 4.69) is 12.1 Å². The molecule has 0 radical (unpaired) electrons. The first kappa shape index (κ1) is 16.4. The molecule has 3 nitrogen and oxygen atoms in total. The van der Waals surface area contributed by atoms with E-state index in [1.807, 2.05) is 48.5 Å². The van der Waals surface area contributed by atoms with Crippen molar-refractivity contribution in [2.45, 2.75) is 38.0 Å². The Kier molecular flexibility index (Phi) is 6.81. The van der Waals surface area contributed by atoms with E-state index in [1.165, 1.54) is 5.56 Å². The molecular formula is C19H23NO2. The van der Waals surface area contributed by atoms with Gasteiger partial charge in [-0.3, -0.25) is 0 Å². The quantitative estimate of drug-likeness (QED) is 0.724. The molecule has 22 heavy (non-hydrogen) atoms. The van der Waals surface area contributed by atoms with Crippen molar-refractivity contribution in [3.05, 3.63) is 71.8 Å². The van der Waals surface area contributed by atoms with Gasteiger partial charge in [0.2, 0.25) is 0 Å². The zero-order valence-corrected chi connectivity index (χ0v) is 12.7. The van der Waals surface area contributed by atoms with E-state index in [1.54, 1.807) is 0 Å². The molecule has 0 heterocycles. The summed E-state index contributed by atoms with van der Waals surface area (Å²) < 4.78 is 5.98. The van der Waals surface area contributed by atoms with Gasteiger partial charge in [-0.25, -0.2) is 0 Å². The van der Waals surface area contributed by atoms with Gasteiger partial charge in [0.1, 0.15) is 6.29 Å². The molecule has 0 aliphatic rings. The molecule has 2 aromatic rings. The van der Waals surface area contributed by atoms with Gasteiger partial charge in [-0.15, -0.1) is 0 Å². The Morgan fingerprint density at radius 2 is 1.55 bits per heavy atom. The van der Waals surface area contributed by atoms with Crippen LogP contribution in [-0.2, 0) is 22.6 Å². The van der Waals surface area contributed by atoms with E-state index in [9.17, 15) is 4.79 Å². The fraction of sp³-hybridized carbons (Fsp3) is 0.316. The number of carbonyl (C=O) groups excluding carboxylic acids is 1. The summed E-state index contributed by atoms with van der Waals surface area (Å²) >= 11 is 0. The molecule has 0 spiro atoms. The van der Waals surface area contributed by atoms with Gasteiger partial charge in [0.05, 0.1) is 12.7 Å². The molecule has 3 heteroatoms. The Bertz CT molecular complexity index is 498. The van der Waals surface area contributed by atoms with Crippen LogP contribution in [0.4, 0.5) is 0 Å². The first-order valence-corrected chi connectivity index (χ1v) is 7.68. The van der Waals surface area contributed by atoms with E-state index < -0.39 is 0 Å². The van der Waals surface area contributed by atoms with Crippen LogP contribution in [0.25, 0.3) is 0 Å². The minimum absolute atomic E-state index is 0.120. The van der Waals surface area contributed by atoms with E-state index in [4.69, 9.17) is 10.5 Å². The van der Waals surface area contributed by atoms with Gasteiger partial charge in [-0.2, -0.15) is 0 Å². The van der Waals surface area contributed by atoms with Gasteiger partial charge < -0.3 is 15.3 Å². The summed E-state index contributed by atoms with van der Waals surface area (Å²) in [4.78, 5) is 10.7. The zero-order valence-electron chi connectivity index (χ0n) is 12.7. The molecule has 2 N–H and O–H groups in total. The Balaban J connectivity index is 1.92. The molecule has 0 saturated heterocycles. The number of nitrogens with two attached hydrogens (primary N) is 1. The monoisotopic (exact) mass is 297 g/mol. The lowest BCUT2D eigenvalue weighted by Crippen LogP contribution is -2.37. The smallest absolute Gasteiger partial charge is 0.121 e. The van der Waals surface area contributed by atoms with E-state index in [-0.39, 0.29) is 12.1 Å². The number of hydrogen-bond donors (Lipinski definition) is 1. The van der Waals surface area contributed by atoms with Gasteiger partial charge in [0, 0.05) is 12.5 Å². The molecule has 0 aromatic heterocycles. The minimum Gasteiger partial charge on any atom is -0.372 e. The topological polar surface area (TPSA) is 52.3 Å². The van der Waals surface area contributed by atoms with Gasteiger partial charge >= 0.3 is 0 Å². The molecule has 2 aromatic carbocycles. The summed E-state index contributed by atoms with van der Waals surface area (Å²) in [5.41, 5.74) is 8.48. The SMILES string of the molecule is N[C@H](CC=O)[C@H](CCc1ccccc1)OCc1ccccc1. The fourth-order valence-electron chi connectivity index (χ4n) is 2.41. The third-order valence-electron chi connectivity index (χ3n) is 3.71. The molecule has 0 aliphatic heterocycles. The average Bonchev–Trinajstić information content (AvgIpc) is 2.57. The zero-order chi connectivity index (χ0) is 15.6. The van der Waals surface area contributed by atoms with Crippen molar-refractivity contribution < 1.29 is 9.53 Å². The molecule has 0 unspecified atom stereocenters. The van der Waals surface area contributed by atoms with Crippen molar-refractivity contribution in [3.63, 3.8) is 0 Å². The minimum atomic E-state index is -0.259. The molecule has 0 bridgehead atoms. The molecule has 0 aliphatic carbocycles.